The van der Waals surface area contributed by atoms with Crippen LogP contribution in [0.25, 0.3) is 0 Å². The molecule has 168 valence electrons. The van der Waals surface area contributed by atoms with Gasteiger partial charge >= 0.3 is 5.97 Å². The number of rotatable bonds is 2. The molecule has 5 fully saturated rings. The van der Waals surface area contributed by atoms with Gasteiger partial charge in [0.05, 0.1) is 19.8 Å². The topological polar surface area (TPSA) is 61.8 Å². The summed E-state index contributed by atoms with van der Waals surface area (Å²) in [6.07, 6.45) is 9.05. The van der Waals surface area contributed by atoms with Gasteiger partial charge in [-0.2, -0.15) is 0 Å². The van der Waals surface area contributed by atoms with Crippen molar-refractivity contribution in [3.05, 3.63) is 0 Å². The summed E-state index contributed by atoms with van der Waals surface area (Å²) in [6.45, 7) is 8.49. The van der Waals surface area contributed by atoms with E-state index in [2.05, 4.69) is 13.8 Å². The van der Waals surface area contributed by atoms with Gasteiger partial charge < -0.3 is 14.2 Å². The second-order valence-electron chi connectivity index (χ2n) is 11.1. The van der Waals surface area contributed by atoms with Crippen LogP contribution >= 0.6 is 0 Å². The summed E-state index contributed by atoms with van der Waals surface area (Å²) in [4.78, 5) is 25.3. The van der Waals surface area contributed by atoms with E-state index in [9.17, 15) is 9.59 Å². The normalized spacial score (nSPS) is 47.3. The minimum atomic E-state index is -0.544. The number of esters is 1. The maximum absolute atomic E-state index is 12.8. The molecule has 1 aliphatic heterocycles. The monoisotopic (exact) mass is 418 g/mol. The van der Waals surface area contributed by atoms with Crippen molar-refractivity contribution < 1.29 is 23.8 Å². The molecule has 1 saturated heterocycles. The van der Waals surface area contributed by atoms with E-state index in [1.165, 1.54) is 19.3 Å². The molecule has 0 aromatic heterocycles. The third-order valence-electron chi connectivity index (χ3n) is 10.3. The van der Waals surface area contributed by atoms with Gasteiger partial charge in [-0.3, -0.25) is 9.59 Å². The second-order valence-corrected chi connectivity index (χ2v) is 11.1. The van der Waals surface area contributed by atoms with Crippen LogP contribution in [0.3, 0.4) is 0 Å². The molecule has 30 heavy (non-hydrogen) atoms. The molecule has 1 spiro atoms. The fraction of sp³-hybridized carbons (Fsp3) is 0.920. The van der Waals surface area contributed by atoms with Crippen LogP contribution in [0.2, 0.25) is 0 Å². The minimum Gasteiger partial charge on any atom is -0.465 e. The molecule has 0 amide bonds. The van der Waals surface area contributed by atoms with E-state index < -0.39 is 5.92 Å². The van der Waals surface area contributed by atoms with Crippen LogP contribution in [0.1, 0.15) is 78.6 Å². The summed E-state index contributed by atoms with van der Waals surface area (Å²) in [5.41, 5.74) is 0.260. The Morgan fingerprint density at radius 3 is 2.50 bits per heavy atom. The van der Waals surface area contributed by atoms with Crippen molar-refractivity contribution in [1.82, 2.24) is 0 Å². The number of carbonyl (C=O) groups excluding carboxylic acids is 2. The smallest absolute Gasteiger partial charge is 0.316 e. The highest BCUT2D eigenvalue weighted by Crippen LogP contribution is 2.69. The van der Waals surface area contributed by atoms with Crippen molar-refractivity contribution in [3.63, 3.8) is 0 Å². The average molecular weight is 419 g/mol. The van der Waals surface area contributed by atoms with Gasteiger partial charge in [-0.1, -0.05) is 13.8 Å². The summed E-state index contributed by atoms with van der Waals surface area (Å²) in [5.74, 6) is 1.33. The van der Waals surface area contributed by atoms with Gasteiger partial charge in [0.2, 0.25) is 0 Å². The quantitative estimate of drug-likeness (QED) is 0.487. The van der Waals surface area contributed by atoms with Crippen LogP contribution in [-0.2, 0) is 23.8 Å². The molecule has 5 aliphatic rings. The molecule has 4 aliphatic carbocycles. The number of hydrogen-bond acceptors (Lipinski definition) is 5. The first kappa shape index (κ1) is 20.9. The van der Waals surface area contributed by atoms with Gasteiger partial charge in [-0.25, -0.2) is 0 Å². The fourth-order valence-corrected chi connectivity index (χ4v) is 8.65. The first-order chi connectivity index (χ1) is 14.3. The highest BCUT2D eigenvalue weighted by atomic mass is 16.7. The summed E-state index contributed by atoms with van der Waals surface area (Å²) in [5, 5.41) is 0. The Morgan fingerprint density at radius 2 is 1.77 bits per heavy atom. The lowest BCUT2D eigenvalue weighted by Gasteiger charge is -2.59. The molecule has 7 atom stereocenters. The predicted molar refractivity (Wildman–Crippen MR) is 111 cm³/mol. The average Bonchev–Trinajstić information content (AvgIpc) is 3.28. The van der Waals surface area contributed by atoms with E-state index in [0.29, 0.717) is 43.1 Å². The lowest BCUT2D eigenvalue weighted by Crippen LogP contribution is -2.56. The van der Waals surface area contributed by atoms with Crippen LogP contribution in [0.15, 0.2) is 0 Å². The molecular weight excluding hydrogens is 380 g/mol. The van der Waals surface area contributed by atoms with Gasteiger partial charge in [-0.05, 0) is 81.0 Å². The van der Waals surface area contributed by atoms with Gasteiger partial charge in [0.25, 0.3) is 0 Å². The molecule has 7 unspecified atom stereocenters. The van der Waals surface area contributed by atoms with E-state index >= 15 is 0 Å². The van der Waals surface area contributed by atoms with Crippen molar-refractivity contribution in [2.24, 2.45) is 40.4 Å². The third-order valence-corrected chi connectivity index (χ3v) is 10.3. The zero-order chi connectivity index (χ0) is 21.1. The van der Waals surface area contributed by atoms with E-state index in [1.54, 1.807) is 0 Å². The molecule has 5 nitrogen and oxygen atoms in total. The molecule has 5 rings (SSSR count). The molecule has 5 heteroatoms. The molecule has 0 radical (unpaired) electrons. The molecular formula is C25H38O5. The van der Waals surface area contributed by atoms with Crippen LogP contribution in [0.5, 0.6) is 0 Å². The molecule has 4 saturated carbocycles. The Morgan fingerprint density at radius 1 is 1.03 bits per heavy atom. The van der Waals surface area contributed by atoms with E-state index in [-0.39, 0.29) is 28.4 Å². The molecule has 0 bridgehead atoms. The summed E-state index contributed by atoms with van der Waals surface area (Å²) < 4.78 is 17.8. The number of fused-ring (bicyclic) bond motifs is 6. The first-order valence-corrected chi connectivity index (χ1v) is 12.3. The van der Waals surface area contributed by atoms with Gasteiger partial charge in [0.15, 0.2) is 5.79 Å². The Hall–Kier alpha value is -0.940. The van der Waals surface area contributed by atoms with Gasteiger partial charge in [0.1, 0.15) is 11.7 Å². The van der Waals surface area contributed by atoms with Crippen LogP contribution < -0.4 is 0 Å². The Bertz CT molecular complexity index is 712. The minimum absolute atomic E-state index is 0.105. The summed E-state index contributed by atoms with van der Waals surface area (Å²) in [6, 6.07) is 0. The first-order valence-electron chi connectivity index (χ1n) is 12.3. The van der Waals surface area contributed by atoms with Crippen molar-refractivity contribution >= 4 is 11.8 Å². The second kappa shape index (κ2) is 7.30. The van der Waals surface area contributed by atoms with Gasteiger partial charge in [-0.15, -0.1) is 0 Å². The molecule has 0 aromatic carbocycles. The highest BCUT2D eigenvalue weighted by molar-refractivity contribution is 5.99. The van der Waals surface area contributed by atoms with E-state index in [0.717, 1.165) is 38.9 Å². The lowest BCUT2D eigenvalue weighted by atomic mass is 9.46. The number of ether oxygens (including phenoxy) is 3. The van der Waals surface area contributed by atoms with Crippen LogP contribution in [-0.4, -0.2) is 37.4 Å². The fourth-order valence-electron chi connectivity index (χ4n) is 8.65. The van der Waals surface area contributed by atoms with Crippen LogP contribution in [0.4, 0.5) is 0 Å². The number of Topliss-reactive ketones (excluding diaryl/α,β-unsaturated/α-hetero) is 1. The lowest BCUT2D eigenvalue weighted by molar-refractivity contribution is -0.246. The SMILES string of the molecule is CCOC(=O)C1CC2CCC3C(CCC4(C)C3CCC43OCCO3)C2(C)CCC1=O. The molecule has 1 heterocycles. The van der Waals surface area contributed by atoms with E-state index in [4.69, 9.17) is 14.2 Å². The Labute approximate surface area is 180 Å². The van der Waals surface area contributed by atoms with Crippen molar-refractivity contribution in [2.45, 2.75) is 84.3 Å². The molecule has 0 N–H and O–H groups in total. The highest BCUT2D eigenvalue weighted by Gasteiger charge is 2.67. The number of hydrogen-bond donors (Lipinski definition) is 0. The van der Waals surface area contributed by atoms with Crippen molar-refractivity contribution in [2.75, 3.05) is 19.8 Å². The van der Waals surface area contributed by atoms with E-state index in [1.807, 2.05) is 6.92 Å². The zero-order valence-corrected chi connectivity index (χ0v) is 18.9. The molecule has 0 aromatic rings. The Balaban J connectivity index is 1.40. The summed E-state index contributed by atoms with van der Waals surface area (Å²) >= 11 is 0. The van der Waals surface area contributed by atoms with Gasteiger partial charge in [0, 0.05) is 18.3 Å². The maximum Gasteiger partial charge on any atom is 0.316 e. The number of ketones is 1. The summed E-state index contributed by atoms with van der Waals surface area (Å²) in [7, 11) is 0. The Kier molecular flexibility index (Phi) is 5.09. The predicted octanol–water partition coefficient (Wildman–Crippen LogP) is 4.52. The third kappa shape index (κ3) is 2.80. The standard InChI is InChI=1S/C25H38O5/c1-4-28-22(27)18-15-16-5-6-17-19(23(16,2)10-9-21(18)26)7-11-24(3)20(17)8-12-25(24)29-13-14-30-25/h16-20H,4-15H2,1-3H3. The van der Waals surface area contributed by atoms with Crippen molar-refractivity contribution in [3.8, 4) is 0 Å². The largest absolute Gasteiger partial charge is 0.465 e. The maximum atomic E-state index is 12.8. The van der Waals surface area contributed by atoms with Crippen LogP contribution in [0, 0.1) is 40.4 Å². The van der Waals surface area contributed by atoms with Crippen molar-refractivity contribution in [1.29, 1.82) is 0 Å². The number of carbonyl (C=O) groups is 2. The zero-order valence-electron chi connectivity index (χ0n) is 18.9.